The first-order valence-corrected chi connectivity index (χ1v) is 7.43. The number of nitrogens with one attached hydrogen (secondary N) is 1. The number of rotatable bonds is 7. The second kappa shape index (κ2) is 7.42. The molecule has 1 N–H and O–H groups in total. The summed E-state index contributed by atoms with van der Waals surface area (Å²) in [6.45, 7) is 5.47. The van der Waals surface area contributed by atoms with E-state index >= 15 is 0 Å². The first-order valence-electron chi connectivity index (χ1n) is 5.75. The standard InChI is InChI=1S/C12H20BrNS/c1-3-5-6-7-11(14-4-2)12-10(13)8-9-15-12/h8-9,11,14H,3-7H2,1-2H3. The summed E-state index contributed by atoms with van der Waals surface area (Å²) >= 11 is 5.46. The maximum Gasteiger partial charge on any atom is 0.0426 e. The van der Waals surface area contributed by atoms with Crippen LogP contribution in [0.4, 0.5) is 0 Å². The zero-order valence-corrected chi connectivity index (χ0v) is 12.0. The molecule has 0 aliphatic heterocycles. The van der Waals surface area contributed by atoms with Gasteiger partial charge >= 0.3 is 0 Å². The summed E-state index contributed by atoms with van der Waals surface area (Å²) in [5.74, 6) is 0. The van der Waals surface area contributed by atoms with Gasteiger partial charge in [-0.1, -0.05) is 33.1 Å². The van der Waals surface area contributed by atoms with E-state index in [-0.39, 0.29) is 0 Å². The highest BCUT2D eigenvalue weighted by atomic mass is 79.9. The van der Waals surface area contributed by atoms with Crippen LogP contribution < -0.4 is 5.32 Å². The molecule has 0 aliphatic rings. The zero-order chi connectivity index (χ0) is 11.1. The molecular formula is C12H20BrNS. The third kappa shape index (κ3) is 4.25. The lowest BCUT2D eigenvalue weighted by Gasteiger charge is -2.16. The second-order valence-corrected chi connectivity index (χ2v) is 5.54. The van der Waals surface area contributed by atoms with Crippen LogP contribution in [-0.4, -0.2) is 6.54 Å². The highest BCUT2D eigenvalue weighted by Gasteiger charge is 2.13. The fourth-order valence-corrected chi connectivity index (χ4v) is 3.49. The Labute approximate surface area is 105 Å². The lowest BCUT2D eigenvalue weighted by Crippen LogP contribution is -2.20. The van der Waals surface area contributed by atoms with Crippen molar-refractivity contribution in [3.05, 3.63) is 20.8 Å². The van der Waals surface area contributed by atoms with E-state index < -0.39 is 0 Å². The van der Waals surface area contributed by atoms with E-state index in [9.17, 15) is 0 Å². The van der Waals surface area contributed by atoms with Gasteiger partial charge < -0.3 is 5.32 Å². The zero-order valence-electron chi connectivity index (χ0n) is 9.55. The van der Waals surface area contributed by atoms with E-state index in [4.69, 9.17) is 0 Å². The first-order chi connectivity index (χ1) is 7.29. The summed E-state index contributed by atoms with van der Waals surface area (Å²) in [5.41, 5.74) is 0. The monoisotopic (exact) mass is 289 g/mol. The molecule has 1 rings (SSSR count). The van der Waals surface area contributed by atoms with Crippen LogP contribution in [-0.2, 0) is 0 Å². The Morgan fingerprint density at radius 2 is 2.20 bits per heavy atom. The van der Waals surface area contributed by atoms with Gasteiger partial charge in [0.25, 0.3) is 0 Å². The molecule has 0 amide bonds. The quantitative estimate of drug-likeness (QED) is 0.715. The minimum absolute atomic E-state index is 0.538. The van der Waals surface area contributed by atoms with Gasteiger partial charge in [0, 0.05) is 15.4 Å². The van der Waals surface area contributed by atoms with E-state index in [2.05, 4.69) is 46.5 Å². The smallest absolute Gasteiger partial charge is 0.0426 e. The third-order valence-corrected chi connectivity index (χ3v) is 4.49. The summed E-state index contributed by atoms with van der Waals surface area (Å²) in [6, 6.07) is 2.68. The summed E-state index contributed by atoms with van der Waals surface area (Å²) < 4.78 is 1.26. The molecule has 0 spiro atoms. The van der Waals surface area contributed by atoms with Crippen molar-refractivity contribution in [1.82, 2.24) is 5.32 Å². The van der Waals surface area contributed by atoms with Gasteiger partial charge in [0.15, 0.2) is 0 Å². The minimum atomic E-state index is 0.538. The fraction of sp³-hybridized carbons (Fsp3) is 0.667. The van der Waals surface area contributed by atoms with Gasteiger partial charge in [-0.15, -0.1) is 11.3 Å². The lowest BCUT2D eigenvalue weighted by atomic mass is 10.1. The van der Waals surface area contributed by atoms with E-state index in [0.717, 1.165) is 6.54 Å². The van der Waals surface area contributed by atoms with E-state index in [1.54, 1.807) is 0 Å². The van der Waals surface area contributed by atoms with Crippen molar-refractivity contribution in [2.24, 2.45) is 0 Å². The first kappa shape index (κ1) is 13.2. The molecule has 1 nitrogen and oxygen atoms in total. The summed E-state index contributed by atoms with van der Waals surface area (Å²) in [7, 11) is 0. The van der Waals surface area contributed by atoms with Crippen molar-refractivity contribution in [3.63, 3.8) is 0 Å². The summed E-state index contributed by atoms with van der Waals surface area (Å²) in [4.78, 5) is 1.45. The lowest BCUT2D eigenvalue weighted by molar-refractivity contribution is 0.492. The number of halogens is 1. The van der Waals surface area contributed by atoms with Gasteiger partial charge in [-0.2, -0.15) is 0 Å². The third-order valence-electron chi connectivity index (χ3n) is 2.51. The van der Waals surface area contributed by atoms with Crippen LogP contribution in [0.15, 0.2) is 15.9 Å². The van der Waals surface area contributed by atoms with Crippen LogP contribution in [0.1, 0.15) is 50.4 Å². The Bertz CT molecular complexity index is 272. The topological polar surface area (TPSA) is 12.0 Å². The van der Waals surface area contributed by atoms with Crippen LogP contribution in [0.2, 0.25) is 0 Å². The molecule has 0 bridgehead atoms. The molecular weight excluding hydrogens is 270 g/mol. The summed E-state index contributed by atoms with van der Waals surface area (Å²) in [5, 5.41) is 5.72. The molecule has 15 heavy (non-hydrogen) atoms. The average molecular weight is 290 g/mol. The molecule has 0 aromatic carbocycles. The molecule has 1 atom stereocenters. The molecule has 1 heterocycles. The Kier molecular flexibility index (Phi) is 6.53. The van der Waals surface area contributed by atoms with Gasteiger partial charge in [0.1, 0.15) is 0 Å². The van der Waals surface area contributed by atoms with Crippen molar-refractivity contribution in [1.29, 1.82) is 0 Å². The summed E-state index contributed by atoms with van der Waals surface area (Å²) in [6.07, 6.45) is 5.20. The minimum Gasteiger partial charge on any atom is -0.309 e. The van der Waals surface area contributed by atoms with Gasteiger partial charge in [-0.3, -0.25) is 0 Å². The van der Waals surface area contributed by atoms with Crippen LogP contribution in [0.25, 0.3) is 0 Å². The predicted molar refractivity (Wildman–Crippen MR) is 72.6 cm³/mol. The van der Waals surface area contributed by atoms with Crippen molar-refractivity contribution in [3.8, 4) is 0 Å². The van der Waals surface area contributed by atoms with E-state index in [1.807, 2.05) is 11.3 Å². The molecule has 1 aromatic rings. The van der Waals surface area contributed by atoms with Gasteiger partial charge in [-0.05, 0) is 40.3 Å². The molecule has 0 radical (unpaired) electrons. The van der Waals surface area contributed by atoms with Gasteiger partial charge in [-0.25, -0.2) is 0 Å². The largest absolute Gasteiger partial charge is 0.309 e. The Morgan fingerprint density at radius 1 is 1.40 bits per heavy atom. The molecule has 86 valence electrons. The Hall–Kier alpha value is 0.140. The van der Waals surface area contributed by atoms with Crippen LogP contribution >= 0.6 is 27.3 Å². The Balaban J connectivity index is 2.53. The molecule has 0 saturated heterocycles. The maximum atomic E-state index is 3.62. The molecule has 0 fully saturated rings. The molecule has 3 heteroatoms. The van der Waals surface area contributed by atoms with E-state index in [1.165, 1.54) is 35.0 Å². The number of hydrogen-bond donors (Lipinski definition) is 1. The Morgan fingerprint density at radius 3 is 2.73 bits per heavy atom. The van der Waals surface area contributed by atoms with Crippen molar-refractivity contribution in [2.75, 3.05) is 6.54 Å². The highest BCUT2D eigenvalue weighted by Crippen LogP contribution is 2.31. The van der Waals surface area contributed by atoms with Crippen molar-refractivity contribution in [2.45, 2.75) is 45.6 Å². The highest BCUT2D eigenvalue weighted by molar-refractivity contribution is 9.10. The average Bonchev–Trinajstić information content (AvgIpc) is 2.64. The SMILES string of the molecule is CCCCCC(NCC)c1sccc1Br. The maximum absolute atomic E-state index is 3.62. The molecule has 0 aliphatic carbocycles. The molecule has 0 saturated carbocycles. The number of unbranched alkanes of at least 4 members (excludes halogenated alkanes) is 2. The molecule has 1 aromatic heterocycles. The number of hydrogen-bond acceptors (Lipinski definition) is 2. The van der Waals surface area contributed by atoms with Crippen molar-refractivity contribution < 1.29 is 0 Å². The van der Waals surface area contributed by atoms with Crippen molar-refractivity contribution >= 4 is 27.3 Å². The predicted octanol–water partition coefficient (Wildman–Crippen LogP) is 4.74. The van der Waals surface area contributed by atoms with Gasteiger partial charge in [0.2, 0.25) is 0 Å². The van der Waals surface area contributed by atoms with Crippen LogP contribution in [0.5, 0.6) is 0 Å². The normalized spacial score (nSPS) is 13.0. The second-order valence-electron chi connectivity index (χ2n) is 3.74. The van der Waals surface area contributed by atoms with Crippen LogP contribution in [0, 0.1) is 0 Å². The van der Waals surface area contributed by atoms with E-state index in [0.29, 0.717) is 6.04 Å². The number of thiophene rings is 1. The molecule has 1 unspecified atom stereocenters. The fourth-order valence-electron chi connectivity index (χ4n) is 1.72. The van der Waals surface area contributed by atoms with Gasteiger partial charge in [0.05, 0.1) is 0 Å². The van der Waals surface area contributed by atoms with Crippen LogP contribution in [0.3, 0.4) is 0 Å².